The van der Waals surface area contributed by atoms with Gasteiger partial charge in [0.1, 0.15) is 0 Å². The Bertz CT molecular complexity index is 815. The summed E-state index contributed by atoms with van der Waals surface area (Å²) in [6.45, 7) is 0. The van der Waals surface area contributed by atoms with Crippen LogP contribution in [0.25, 0.3) is 22.4 Å². The third kappa shape index (κ3) is 2.82. The van der Waals surface area contributed by atoms with E-state index in [1.54, 1.807) is 18.3 Å². The topological polar surface area (TPSA) is 56.0 Å². The van der Waals surface area contributed by atoms with Crippen molar-refractivity contribution in [1.29, 1.82) is 0 Å². The molecule has 0 N–H and O–H groups in total. The minimum Gasteiger partial charge on any atom is -0.258 e. The first-order valence-corrected chi connectivity index (χ1v) is 6.99. The van der Waals surface area contributed by atoms with Crippen LogP contribution in [0.4, 0.5) is 5.69 Å². The largest absolute Gasteiger partial charge is 0.269 e. The maximum absolute atomic E-state index is 10.7. The maximum Gasteiger partial charge on any atom is 0.269 e. The van der Waals surface area contributed by atoms with Crippen molar-refractivity contribution in [1.82, 2.24) is 4.98 Å². The van der Waals surface area contributed by atoms with Gasteiger partial charge in [-0.3, -0.25) is 15.1 Å². The molecule has 0 unspecified atom stereocenters. The lowest BCUT2D eigenvalue weighted by molar-refractivity contribution is -0.384. The Morgan fingerprint density at radius 2 is 1.55 bits per heavy atom. The molecule has 0 fully saturated rings. The van der Waals surface area contributed by atoms with Crippen molar-refractivity contribution in [3.05, 3.63) is 82.0 Å². The van der Waals surface area contributed by atoms with Crippen LogP contribution in [0.15, 0.2) is 66.9 Å². The van der Waals surface area contributed by atoms with Crippen LogP contribution in [-0.4, -0.2) is 9.91 Å². The van der Waals surface area contributed by atoms with Crippen molar-refractivity contribution in [3.63, 3.8) is 0 Å². The van der Waals surface area contributed by atoms with E-state index in [0.29, 0.717) is 5.02 Å². The number of pyridine rings is 1. The van der Waals surface area contributed by atoms with Gasteiger partial charge in [0.25, 0.3) is 5.69 Å². The predicted octanol–water partition coefficient (Wildman–Crippen LogP) is 4.98. The van der Waals surface area contributed by atoms with Crippen LogP contribution < -0.4 is 0 Å². The number of non-ortho nitro benzene ring substituents is 1. The third-order valence-electron chi connectivity index (χ3n) is 3.31. The van der Waals surface area contributed by atoms with E-state index in [2.05, 4.69) is 4.98 Å². The molecule has 0 aliphatic rings. The molecular formula is C17H11ClN2O2. The van der Waals surface area contributed by atoms with Crippen molar-refractivity contribution in [2.24, 2.45) is 0 Å². The number of halogens is 1. The number of nitrogens with zero attached hydrogens (tertiary/aromatic N) is 2. The molecule has 5 heteroatoms. The summed E-state index contributed by atoms with van der Waals surface area (Å²) in [6, 6.07) is 17.7. The molecule has 0 saturated carbocycles. The summed E-state index contributed by atoms with van der Waals surface area (Å²) in [4.78, 5) is 14.8. The van der Waals surface area contributed by atoms with Gasteiger partial charge in [0.05, 0.1) is 10.6 Å². The summed E-state index contributed by atoms with van der Waals surface area (Å²) in [5, 5.41) is 11.4. The van der Waals surface area contributed by atoms with Gasteiger partial charge >= 0.3 is 0 Å². The van der Waals surface area contributed by atoms with E-state index < -0.39 is 4.92 Å². The van der Waals surface area contributed by atoms with Gasteiger partial charge in [-0.25, -0.2) is 0 Å². The first-order valence-electron chi connectivity index (χ1n) is 6.61. The molecule has 4 nitrogen and oxygen atoms in total. The summed E-state index contributed by atoms with van der Waals surface area (Å²) in [5.74, 6) is 0. The highest BCUT2D eigenvalue weighted by molar-refractivity contribution is 6.30. The van der Waals surface area contributed by atoms with Gasteiger partial charge in [0.2, 0.25) is 0 Å². The smallest absolute Gasteiger partial charge is 0.258 e. The van der Waals surface area contributed by atoms with Gasteiger partial charge in [0.15, 0.2) is 0 Å². The summed E-state index contributed by atoms with van der Waals surface area (Å²) in [7, 11) is 0. The zero-order valence-electron chi connectivity index (χ0n) is 11.4. The number of rotatable bonds is 3. The second-order valence-corrected chi connectivity index (χ2v) is 5.15. The highest BCUT2D eigenvalue weighted by Gasteiger charge is 2.10. The van der Waals surface area contributed by atoms with Gasteiger partial charge in [-0.1, -0.05) is 29.8 Å². The highest BCUT2D eigenvalue weighted by atomic mass is 35.5. The minimum atomic E-state index is -0.414. The summed E-state index contributed by atoms with van der Waals surface area (Å²) in [5.41, 5.74) is 3.61. The van der Waals surface area contributed by atoms with E-state index in [1.807, 2.05) is 36.4 Å². The predicted molar refractivity (Wildman–Crippen MR) is 86.8 cm³/mol. The summed E-state index contributed by atoms with van der Waals surface area (Å²) < 4.78 is 0. The summed E-state index contributed by atoms with van der Waals surface area (Å²) >= 11 is 5.92. The molecule has 1 heterocycles. The van der Waals surface area contributed by atoms with Crippen LogP contribution in [0.2, 0.25) is 5.02 Å². The molecule has 0 saturated heterocycles. The number of nitro benzene ring substituents is 1. The van der Waals surface area contributed by atoms with Crippen molar-refractivity contribution in [2.75, 3.05) is 0 Å². The van der Waals surface area contributed by atoms with Crippen LogP contribution in [-0.2, 0) is 0 Å². The lowest BCUT2D eigenvalue weighted by Crippen LogP contribution is -1.90. The van der Waals surface area contributed by atoms with E-state index in [-0.39, 0.29) is 5.69 Å². The minimum absolute atomic E-state index is 0.0627. The van der Waals surface area contributed by atoms with Crippen LogP contribution in [0, 0.1) is 10.1 Å². The average molecular weight is 311 g/mol. The number of aromatic nitrogens is 1. The van der Waals surface area contributed by atoms with Gasteiger partial charge in [-0.15, -0.1) is 0 Å². The van der Waals surface area contributed by atoms with E-state index in [0.717, 1.165) is 22.4 Å². The monoisotopic (exact) mass is 310 g/mol. The Labute approximate surface area is 132 Å². The molecule has 0 radical (unpaired) electrons. The van der Waals surface area contributed by atoms with Gasteiger partial charge in [-0.05, 0) is 35.9 Å². The van der Waals surface area contributed by atoms with Crippen molar-refractivity contribution in [3.8, 4) is 22.4 Å². The molecule has 0 atom stereocenters. The number of nitro groups is 1. The quantitative estimate of drug-likeness (QED) is 0.506. The fourth-order valence-corrected chi connectivity index (χ4v) is 2.36. The Hall–Kier alpha value is -2.72. The first-order chi connectivity index (χ1) is 10.6. The molecule has 0 aliphatic carbocycles. The molecule has 22 heavy (non-hydrogen) atoms. The zero-order valence-corrected chi connectivity index (χ0v) is 12.2. The normalized spacial score (nSPS) is 10.4. The van der Waals surface area contributed by atoms with E-state index in [1.165, 1.54) is 12.1 Å². The molecule has 0 bridgehead atoms. The van der Waals surface area contributed by atoms with E-state index in [9.17, 15) is 10.1 Å². The second-order valence-electron chi connectivity index (χ2n) is 4.71. The fraction of sp³-hybridized carbons (Fsp3) is 0. The number of hydrogen-bond acceptors (Lipinski definition) is 3. The van der Waals surface area contributed by atoms with E-state index in [4.69, 9.17) is 11.6 Å². The molecule has 0 spiro atoms. The first kappa shape index (κ1) is 14.2. The maximum atomic E-state index is 10.7. The fourth-order valence-electron chi connectivity index (χ4n) is 2.24. The van der Waals surface area contributed by atoms with E-state index >= 15 is 0 Å². The molecule has 1 aromatic heterocycles. The molecule has 3 aromatic rings. The Kier molecular flexibility index (Phi) is 3.85. The highest BCUT2D eigenvalue weighted by Crippen LogP contribution is 2.31. The van der Waals surface area contributed by atoms with Gasteiger partial charge < -0.3 is 0 Å². The molecule has 108 valence electrons. The third-order valence-corrected chi connectivity index (χ3v) is 3.57. The van der Waals surface area contributed by atoms with Gasteiger partial charge in [-0.2, -0.15) is 0 Å². The van der Waals surface area contributed by atoms with Crippen LogP contribution >= 0.6 is 11.6 Å². The van der Waals surface area contributed by atoms with Crippen molar-refractivity contribution >= 4 is 17.3 Å². The Balaban J connectivity index is 2.08. The van der Waals surface area contributed by atoms with Crippen LogP contribution in [0.1, 0.15) is 0 Å². The molecule has 2 aromatic carbocycles. The Morgan fingerprint density at radius 3 is 2.18 bits per heavy atom. The number of benzene rings is 2. The molecule has 0 aliphatic heterocycles. The SMILES string of the molecule is O=[N+]([O-])c1ccc(-c2ncccc2-c2ccc(Cl)cc2)cc1. The molecular weight excluding hydrogens is 300 g/mol. The van der Waals surface area contributed by atoms with Crippen molar-refractivity contribution in [2.45, 2.75) is 0 Å². The summed E-state index contributed by atoms with van der Waals surface area (Å²) in [6.07, 6.45) is 1.70. The van der Waals surface area contributed by atoms with Gasteiger partial charge in [0, 0.05) is 34.5 Å². The zero-order chi connectivity index (χ0) is 15.5. The lowest BCUT2D eigenvalue weighted by Gasteiger charge is -2.09. The number of hydrogen-bond donors (Lipinski definition) is 0. The van der Waals surface area contributed by atoms with Crippen LogP contribution in [0.3, 0.4) is 0 Å². The standard InChI is InChI=1S/C17H11ClN2O2/c18-14-7-3-12(4-8-14)16-2-1-11-19-17(16)13-5-9-15(10-6-13)20(21)22/h1-11H. The second kappa shape index (κ2) is 5.95. The Morgan fingerprint density at radius 1 is 0.909 bits per heavy atom. The molecule has 3 rings (SSSR count). The van der Waals surface area contributed by atoms with Crippen molar-refractivity contribution < 1.29 is 4.92 Å². The average Bonchev–Trinajstić information content (AvgIpc) is 2.56. The van der Waals surface area contributed by atoms with Crippen LogP contribution in [0.5, 0.6) is 0 Å². The lowest BCUT2D eigenvalue weighted by atomic mass is 9.99. The molecule has 0 amide bonds.